The molecule has 0 amide bonds. The lowest BCUT2D eigenvalue weighted by atomic mass is 10.4. The summed E-state index contributed by atoms with van der Waals surface area (Å²) in [5.74, 6) is 1.03. The molecule has 0 aliphatic carbocycles. The van der Waals surface area contributed by atoms with E-state index in [1.54, 1.807) is 19.9 Å². The summed E-state index contributed by atoms with van der Waals surface area (Å²) in [6.45, 7) is 3.60. The molecule has 0 aromatic carbocycles. The molecule has 0 aliphatic rings. The zero-order valence-corrected chi connectivity index (χ0v) is 10.9. The molecule has 0 fully saturated rings. The van der Waals surface area contributed by atoms with Crippen molar-refractivity contribution in [3.63, 3.8) is 0 Å². The van der Waals surface area contributed by atoms with Crippen LogP contribution in [-0.4, -0.2) is 18.4 Å². The fourth-order valence-electron chi connectivity index (χ4n) is 1.36. The molecule has 0 saturated heterocycles. The van der Waals surface area contributed by atoms with E-state index in [0.717, 1.165) is 5.69 Å². The molecule has 2 rings (SSSR count). The predicted molar refractivity (Wildman–Crippen MR) is 64.2 cm³/mol. The first kappa shape index (κ1) is 12.7. The highest BCUT2D eigenvalue weighted by Gasteiger charge is 2.15. The average Bonchev–Trinajstić information content (AvgIpc) is 2.68. The van der Waals surface area contributed by atoms with Crippen molar-refractivity contribution in [1.29, 1.82) is 0 Å². The van der Waals surface area contributed by atoms with Crippen molar-refractivity contribution in [2.45, 2.75) is 25.3 Å². The maximum Gasteiger partial charge on any atom is 0.242 e. The quantitative estimate of drug-likeness (QED) is 0.898. The number of pyridine rings is 1. The SMILES string of the molecule is Cc1nc(CNS(=O)(=O)c2cccnc2)oc1C. The molecular formula is C11H13N3O3S. The summed E-state index contributed by atoms with van der Waals surface area (Å²) in [4.78, 5) is 7.98. The van der Waals surface area contributed by atoms with Crippen molar-refractivity contribution in [2.24, 2.45) is 0 Å². The number of rotatable bonds is 4. The molecule has 0 saturated carbocycles. The number of nitrogens with zero attached hydrogens (tertiary/aromatic N) is 2. The zero-order valence-electron chi connectivity index (χ0n) is 10.0. The van der Waals surface area contributed by atoms with Crippen molar-refractivity contribution in [2.75, 3.05) is 0 Å². The standard InChI is InChI=1S/C11H13N3O3S/c1-8-9(2)17-11(14-8)7-13-18(15,16)10-4-3-5-12-6-10/h3-6,13H,7H2,1-2H3. The van der Waals surface area contributed by atoms with Crippen LogP contribution in [0.1, 0.15) is 17.3 Å². The highest BCUT2D eigenvalue weighted by atomic mass is 32.2. The lowest BCUT2D eigenvalue weighted by Crippen LogP contribution is -2.23. The van der Waals surface area contributed by atoms with Crippen LogP contribution >= 0.6 is 0 Å². The molecule has 0 aliphatic heterocycles. The largest absolute Gasteiger partial charge is 0.444 e. The van der Waals surface area contributed by atoms with E-state index >= 15 is 0 Å². The molecule has 0 spiro atoms. The normalized spacial score (nSPS) is 11.7. The van der Waals surface area contributed by atoms with E-state index in [1.165, 1.54) is 18.5 Å². The van der Waals surface area contributed by atoms with Gasteiger partial charge >= 0.3 is 0 Å². The monoisotopic (exact) mass is 267 g/mol. The van der Waals surface area contributed by atoms with E-state index in [0.29, 0.717) is 11.7 Å². The van der Waals surface area contributed by atoms with Gasteiger partial charge in [0, 0.05) is 12.4 Å². The summed E-state index contributed by atoms with van der Waals surface area (Å²) < 4.78 is 31.5. The second-order valence-electron chi connectivity index (χ2n) is 3.76. The highest BCUT2D eigenvalue weighted by Crippen LogP contribution is 2.10. The molecule has 0 bridgehead atoms. The molecule has 2 aromatic rings. The van der Waals surface area contributed by atoms with Gasteiger partial charge in [-0.1, -0.05) is 0 Å². The van der Waals surface area contributed by atoms with Crippen LogP contribution in [0.15, 0.2) is 33.8 Å². The Balaban J connectivity index is 2.10. The van der Waals surface area contributed by atoms with E-state index in [2.05, 4.69) is 14.7 Å². The minimum atomic E-state index is -3.57. The first-order valence-corrected chi connectivity index (χ1v) is 6.80. The smallest absolute Gasteiger partial charge is 0.242 e. The van der Waals surface area contributed by atoms with Gasteiger partial charge in [0.15, 0.2) is 0 Å². The first-order chi connectivity index (χ1) is 8.49. The van der Waals surface area contributed by atoms with Gasteiger partial charge in [0.2, 0.25) is 15.9 Å². The number of aromatic nitrogens is 2. The van der Waals surface area contributed by atoms with Crippen LogP contribution in [0.4, 0.5) is 0 Å². The van der Waals surface area contributed by atoms with Gasteiger partial charge < -0.3 is 4.42 Å². The van der Waals surface area contributed by atoms with Crippen LogP contribution < -0.4 is 4.72 Å². The molecule has 18 heavy (non-hydrogen) atoms. The lowest BCUT2D eigenvalue weighted by Gasteiger charge is -2.03. The number of aryl methyl sites for hydroxylation is 2. The number of hydrogen-bond acceptors (Lipinski definition) is 5. The van der Waals surface area contributed by atoms with Crippen LogP contribution in [0.3, 0.4) is 0 Å². The fourth-order valence-corrected chi connectivity index (χ4v) is 2.30. The zero-order chi connectivity index (χ0) is 13.2. The Bertz CT molecular complexity index is 615. The fraction of sp³-hybridized carbons (Fsp3) is 0.273. The number of oxazole rings is 1. The third kappa shape index (κ3) is 2.74. The van der Waals surface area contributed by atoms with Crippen molar-refractivity contribution < 1.29 is 12.8 Å². The van der Waals surface area contributed by atoms with Crippen molar-refractivity contribution in [1.82, 2.24) is 14.7 Å². The maximum atomic E-state index is 11.9. The van der Waals surface area contributed by atoms with Gasteiger partial charge in [-0.2, -0.15) is 0 Å². The summed E-state index contributed by atoms with van der Waals surface area (Å²) >= 11 is 0. The summed E-state index contributed by atoms with van der Waals surface area (Å²) in [6, 6.07) is 3.04. The van der Waals surface area contributed by atoms with Gasteiger partial charge in [-0.05, 0) is 26.0 Å². The molecule has 2 aromatic heterocycles. The highest BCUT2D eigenvalue weighted by molar-refractivity contribution is 7.89. The Morgan fingerprint density at radius 2 is 2.17 bits per heavy atom. The molecule has 0 radical (unpaired) electrons. The van der Waals surface area contributed by atoms with Crippen LogP contribution in [0.2, 0.25) is 0 Å². The third-order valence-corrected chi connectivity index (χ3v) is 3.82. The van der Waals surface area contributed by atoms with Crippen LogP contribution in [0.5, 0.6) is 0 Å². The maximum absolute atomic E-state index is 11.9. The molecule has 7 heteroatoms. The number of sulfonamides is 1. The van der Waals surface area contributed by atoms with Gasteiger partial charge in [-0.25, -0.2) is 18.1 Å². The van der Waals surface area contributed by atoms with Gasteiger partial charge in [0.1, 0.15) is 10.7 Å². The van der Waals surface area contributed by atoms with E-state index in [-0.39, 0.29) is 11.4 Å². The Hall–Kier alpha value is -1.73. The summed E-state index contributed by atoms with van der Waals surface area (Å²) in [7, 11) is -3.57. The Morgan fingerprint density at radius 1 is 1.39 bits per heavy atom. The van der Waals surface area contributed by atoms with Crippen molar-refractivity contribution in [3.8, 4) is 0 Å². The second kappa shape index (κ2) is 4.87. The number of hydrogen-bond donors (Lipinski definition) is 1. The van der Waals surface area contributed by atoms with Crippen LogP contribution in [0, 0.1) is 13.8 Å². The molecule has 2 heterocycles. The molecule has 0 unspecified atom stereocenters. The Morgan fingerprint density at radius 3 is 2.72 bits per heavy atom. The molecule has 0 atom stereocenters. The van der Waals surface area contributed by atoms with Crippen molar-refractivity contribution in [3.05, 3.63) is 41.9 Å². The summed E-state index contributed by atoms with van der Waals surface area (Å²) in [5.41, 5.74) is 0.755. The Labute approximate surface area is 105 Å². The molecule has 6 nitrogen and oxygen atoms in total. The van der Waals surface area contributed by atoms with Crippen LogP contribution in [0.25, 0.3) is 0 Å². The van der Waals surface area contributed by atoms with Gasteiger partial charge in [-0.3, -0.25) is 4.98 Å². The topological polar surface area (TPSA) is 85.1 Å². The first-order valence-electron chi connectivity index (χ1n) is 5.31. The molecule has 1 N–H and O–H groups in total. The van der Waals surface area contributed by atoms with E-state index in [4.69, 9.17) is 4.42 Å². The van der Waals surface area contributed by atoms with Crippen molar-refractivity contribution >= 4 is 10.0 Å². The third-order valence-electron chi connectivity index (χ3n) is 2.43. The lowest BCUT2D eigenvalue weighted by molar-refractivity contribution is 0.463. The van der Waals surface area contributed by atoms with Gasteiger partial charge in [0.25, 0.3) is 0 Å². The van der Waals surface area contributed by atoms with Gasteiger partial charge in [-0.15, -0.1) is 0 Å². The van der Waals surface area contributed by atoms with Gasteiger partial charge in [0.05, 0.1) is 12.2 Å². The van der Waals surface area contributed by atoms with E-state index in [9.17, 15) is 8.42 Å². The predicted octanol–water partition coefficient (Wildman–Crippen LogP) is 1.16. The van der Waals surface area contributed by atoms with E-state index in [1.807, 2.05) is 0 Å². The second-order valence-corrected chi connectivity index (χ2v) is 5.53. The summed E-state index contributed by atoms with van der Waals surface area (Å²) in [5, 5.41) is 0. The Kier molecular flexibility index (Phi) is 3.44. The van der Waals surface area contributed by atoms with Crippen LogP contribution in [-0.2, 0) is 16.6 Å². The molecular weight excluding hydrogens is 254 g/mol. The number of nitrogens with one attached hydrogen (secondary N) is 1. The minimum absolute atomic E-state index is 0.0197. The summed E-state index contributed by atoms with van der Waals surface area (Å²) in [6.07, 6.45) is 2.80. The minimum Gasteiger partial charge on any atom is -0.444 e. The van der Waals surface area contributed by atoms with E-state index < -0.39 is 10.0 Å². The molecule has 96 valence electrons. The average molecular weight is 267 g/mol.